The fourth-order valence-corrected chi connectivity index (χ4v) is 4.16. The van der Waals surface area contributed by atoms with E-state index < -0.39 is 0 Å². The van der Waals surface area contributed by atoms with Crippen LogP contribution in [0.2, 0.25) is 0 Å². The SMILES string of the molecule is CCC(=O)N1CCc2cc(C(=O)N(Cc3ccccc3)C(C)C3CC3)ccc21. The molecule has 1 atom stereocenters. The summed E-state index contributed by atoms with van der Waals surface area (Å²) in [6.45, 7) is 5.41. The van der Waals surface area contributed by atoms with Crippen molar-refractivity contribution in [1.82, 2.24) is 4.90 Å². The van der Waals surface area contributed by atoms with Crippen molar-refractivity contribution in [3.8, 4) is 0 Å². The van der Waals surface area contributed by atoms with Crippen molar-refractivity contribution in [2.75, 3.05) is 11.4 Å². The van der Waals surface area contributed by atoms with Crippen molar-refractivity contribution in [2.45, 2.75) is 52.1 Å². The van der Waals surface area contributed by atoms with E-state index >= 15 is 0 Å². The van der Waals surface area contributed by atoms with Gasteiger partial charge in [0.05, 0.1) is 0 Å². The van der Waals surface area contributed by atoms with E-state index in [9.17, 15) is 9.59 Å². The maximum Gasteiger partial charge on any atom is 0.254 e. The largest absolute Gasteiger partial charge is 0.331 e. The highest BCUT2D eigenvalue weighted by molar-refractivity contribution is 5.98. The third-order valence-corrected chi connectivity index (χ3v) is 6.08. The maximum absolute atomic E-state index is 13.4. The van der Waals surface area contributed by atoms with E-state index in [1.165, 1.54) is 12.8 Å². The van der Waals surface area contributed by atoms with Crippen LogP contribution < -0.4 is 4.90 Å². The molecule has 146 valence electrons. The van der Waals surface area contributed by atoms with Crippen molar-refractivity contribution in [1.29, 1.82) is 0 Å². The summed E-state index contributed by atoms with van der Waals surface area (Å²) >= 11 is 0. The van der Waals surface area contributed by atoms with Crippen LogP contribution in [-0.2, 0) is 17.8 Å². The van der Waals surface area contributed by atoms with E-state index in [0.717, 1.165) is 28.8 Å². The van der Waals surface area contributed by atoms with Crippen LogP contribution in [0.1, 0.15) is 54.6 Å². The second-order valence-corrected chi connectivity index (χ2v) is 7.99. The average Bonchev–Trinajstić information content (AvgIpc) is 3.50. The van der Waals surface area contributed by atoms with Crippen LogP contribution in [0.25, 0.3) is 0 Å². The summed E-state index contributed by atoms with van der Waals surface area (Å²) in [4.78, 5) is 29.4. The standard InChI is InChI=1S/C24H28N2O2/c1-3-23(27)25-14-13-20-15-21(11-12-22(20)25)24(28)26(17(2)19-9-10-19)16-18-7-5-4-6-8-18/h4-8,11-12,15,17,19H,3,9-10,13-14,16H2,1-2H3. The molecule has 0 spiro atoms. The number of rotatable bonds is 6. The highest BCUT2D eigenvalue weighted by Crippen LogP contribution is 2.37. The van der Waals surface area contributed by atoms with Gasteiger partial charge in [-0.25, -0.2) is 0 Å². The summed E-state index contributed by atoms with van der Waals surface area (Å²) in [7, 11) is 0. The second-order valence-electron chi connectivity index (χ2n) is 7.99. The Bertz CT molecular complexity index is 873. The molecule has 2 aromatic carbocycles. The summed E-state index contributed by atoms with van der Waals surface area (Å²) in [5.41, 5.74) is 3.96. The van der Waals surface area contributed by atoms with Crippen LogP contribution in [0.5, 0.6) is 0 Å². The molecule has 0 radical (unpaired) electrons. The zero-order valence-corrected chi connectivity index (χ0v) is 16.7. The van der Waals surface area contributed by atoms with Crippen molar-refractivity contribution < 1.29 is 9.59 Å². The number of fused-ring (bicyclic) bond motifs is 1. The smallest absolute Gasteiger partial charge is 0.254 e. The molecule has 4 rings (SSSR count). The third kappa shape index (κ3) is 3.68. The minimum atomic E-state index is 0.0892. The van der Waals surface area contributed by atoms with Gasteiger partial charge in [-0.05, 0) is 61.4 Å². The highest BCUT2D eigenvalue weighted by Gasteiger charge is 2.35. The van der Waals surface area contributed by atoms with E-state index in [2.05, 4.69) is 19.1 Å². The molecular weight excluding hydrogens is 348 g/mol. The molecule has 2 amide bonds. The van der Waals surface area contributed by atoms with Gasteiger partial charge in [0, 0.05) is 36.8 Å². The van der Waals surface area contributed by atoms with Crippen molar-refractivity contribution in [2.24, 2.45) is 5.92 Å². The quantitative estimate of drug-likeness (QED) is 0.748. The number of carbonyl (C=O) groups excluding carboxylic acids is 2. The molecule has 2 aliphatic rings. The maximum atomic E-state index is 13.4. The summed E-state index contributed by atoms with van der Waals surface area (Å²) < 4.78 is 0. The lowest BCUT2D eigenvalue weighted by Gasteiger charge is -2.30. The van der Waals surface area contributed by atoms with Crippen LogP contribution in [-0.4, -0.2) is 29.3 Å². The molecule has 0 N–H and O–H groups in total. The van der Waals surface area contributed by atoms with Crippen LogP contribution in [0.15, 0.2) is 48.5 Å². The molecule has 28 heavy (non-hydrogen) atoms. The van der Waals surface area contributed by atoms with Gasteiger partial charge in [0.15, 0.2) is 0 Å². The Kier molecular flexibility index (Phi) is 5.21. The minimum Gasteiger partial charge on any atom is -0.331 e. The first-order chi connectivity index (χ1) is 13.6. The zero-order valence-electron chi connectivity index (χ0n) is 16.7. The Hall–Kier alpha value is -2.62. The summed E-state index contributed by atoms with van der Waals surface area (Å²) in [6, 6.07) is 16.3. The first kappa shape index (κ1) is 18.7. The molecule has 1 heterocycles. The van der Waals surface area contributed by atoms with Gasteiger partial charge >= 0.3 is 0 Å². The van der Waals surface area contributed by atoms with Gasteiger partial charge in [0.2, 0.25) is 5.91 Å². The molecule has 4 nitrogen and oxygen atoms in total. The van der Waals surface area contributed by atoms with Gasteiger partial charge in [0.1, 0.15) is 0 Å². The lowest BCUT2D eigenvalue weighted by molar-refractivity contribution is -0.118. The Morgan fingerprint density at radius 3 is 2.57 bits per heavy atom. The molecular formula is C24H28N2O2. The van der Waals surface area contributed by atoms with Gasteiger partial charge < -0.3 is 9.80 Å². The number of carbonyl (C=O) groups is 2. The second kappa shape index (κ2) is 7.78. The Labute approximate surface area is 167 Å². The van der Waals surface area contributed by atoms with Gasteiger partial charge in [-0.2, -0.15) is 0 Å². The molecule has 2 aromatic rings. The molecule has 4 heteroatoms. The first-order valence-electron chi connectivity index (χ1n) is 10.4. The van der Waals surface area contributed by atoms with E-state index in [-0.39, 0.29) is 17.9 Å². The van der Waals surface area contributed by atoms with Crippen LogP contribution in [0.4, 0.5) is 5.69 Å². The lowest BCUT2D eigenvalue weighted by Crippen LogP contribution is -2.39. The molecule has 1 aliphatic heterocycles. The Morgan fingerprint density at radius 2 is 1.89 bits per heavy atom. The molecule has 1 saturated carbocycles. The summed E-state index contributed by atoms with van der Waals surface area (Å²) in [6.07, 6.45) is 3.74. The first-order valence-corrected chi connectivity index (χ1v) is 10.4. The van der Waals surface area contributed by atoms with Gasteiger partial charge in [-0.1, -0.05) is 37.3 Å². The number of hydrogen-bond acceptors (Lipinski definition) is 2. The van der Waals surface area contributed by atoms with Crippen molar-refractivity contribution in [3.63, 3.8) is 0 Å². The molecule has 0 aromatic heterocycles. The highest BCUT2D eigenvalue weighted by atomic mass is 16.2. The minimum absolute atomic E-state index is 0.0892. The lowest BCUT2D eigenvalue weighted by atomic mass is 10.0. The number of anilines is 1. The van der Waals surface area contributed by atoms with Gasteiger partial charge in [0.25, 0.3) is 5.91 Å². The summed E-state index contributed by atoms with van der Waals surface area (Å²) in [5, 5.41) is 0. The van der Waals surface area contributed by atoms with E-state index in [1.807, 2.05) is 53.1 Å². The molecule has 1 aliphatic carbocycles. The molecule has 0 saturated heterocycles. The zero-order chi connectivity index (χ0) is 19.7. The normalized spacial score (nSPS) is 16.6. The van der Waals surface area contributed by atoms with Crippen molar-refractivity contribution in [3.05, 3.63) is 65.2 Å². The number of nitrogens with zero attached hydrogens (tertiary/aromatic N) is 2. The molecule has 1 unspecified atom stereocenters. The Balaban J connectivity index is 1.59. The predicted molar refractivity (Wildman–Crippen MR) is 111 cm³/mol. The average molecular weight is 377 g/mol. The van der Waals surface area contributed by atoms with Crippen LogP contribution in [0.3, 0.4) is 0 Å². The van der Waals surface area contributed by atoms with E-state index in [4.69, 9.17) is 0 Å². The third-order valence-electron chi connectivity index (χ3n) is 6.08. The predicted octanol–water partition coefficient (Wildman–Crippen LogP) is 4.43. The van der Waals surface area contributed by atoms with E-state index in [1.54, 1.807) is 0 Å². The number of amides is 2. The van der Waals surface area contributed by atoms with Crippen LogP contribution in [0, 0.1) is 5.92 Å². The fourth-order valence-electron chi connectivity index (χ4n) is 4.16. The van der Waals surface area contributed by atoms with Gasteiger partial charge in [-0.15, -0.1) is 0 Å². The Morgan fingerprint density at radius 1 is 1.14 bits per heavy atom. The number of benzene rings is 2. The topological polar surface area (TPSA) is 40.6 Å². The van der Waals surface area contributed by atoms with E-state index in [0.29, 0.717) is 25.4 Å². The van der Waals surface area contributed by atoms with Gasteiger partial charge in [-0.3, -0.25) is 9.59 Å². The van der Waals surface area contributed by atoms with Crippen molar-refractivity contribution >= 4 is 17.5 Å². The summed E-state index contributed by atoms with van der Waals surface area (Å²) in [5.74, 6) is 0.844. The monoisotopic (exact) mass is 376 g/mol. The number of hydrogen-bond donors (Lipinski definition) is 0. The molecule has 1 fully saturated rings. The fraction of sp³-hybridized carbons (Fsp3) is 0.417. The molecule has 0 bridgehead atoms. The van der Waals surface area contributed by atoms with Crippen LogP contribution >= 0.6 is 0 Å².